The highest BCUT2D eigenvalue weighted by molar-refractivity contribution is 5.67. The van der Waals surface area contributed by atoms with Crippen molar-refractivity contribution in [1.29, 1.82) is 0 Å². The Balaban J connectivity index is 0.000000175. The van der Waals surface area contributed by atoms with Gasteiger partial charge in [0.25, 0.3) is 11.4 Å². The molecule has 0 saturated carbocycles. The van der Waals surface area contributed by atoms with Gasteiger partial charge in [0.05, 0.1) is 21.0 Å². The fourth-order valence-corrected chi connectivity index (χ4v) is 5.23. The fourth-order valence-electron chi connectivity index (χ4n) is 5.23. The molecule has 44 heavy (non-hydrogen) atoms. The highest BCUT2D eigenvalue weighted by Gasteiger charge is 2.36. The fraction of sp³-hybridized carbons (Fsp3) is 0.200. The molecule has 2 heterocycles. The van der Waals surface area contributed by atoms with Crippen LogP contribution in [0.4, 0.5) is 49.1 Å². The van der Waals surface area contributed by atoms with Crippen LogP contribution in [0.5, 0.6) is 0 Å². The molecule has 0 unspecified atom stereocenters. The molecule has 2 aliphatic rings. The number of anilines is 2. The van der Waals surface area contributed by atoms with E-state index in [2.05, 4.69) is 0 Å². The largest absolute Gasteiger partial charge is 0.416 e. The smallest absolute Gasteiger partial charge is 0.357 e. The summed E-state index contributed by atoms with van der Waals surface area (Å²) in [5.41, 5.74) is 1.43. The van der Waals surface area contributed by atoms with Gasteiger partial charge in [-0.25, -0.2) is 0 Å². The van der Waals surface area contributed by atoms with Gasteiger partial charge in [-0.1, -0.05) is 48.5 Å². The summed E-state index contributed by atoms with van der Waals surface area (Å²) in [6.45, 7) is 1.79. The molecule has 4 aromatic rings. The molecule has 0 radical (unpaired) electrons. The lowest BCUT2D eigenvalue weighted by atomic mass is 10.1. The average Bonchev–Trinajstić information content (AvgIpc) is 3.60. The van der Waals surface area contributed by atoms with Crippen molar-refractivity contribution in [1.82, 2.24) is 0 Å². The molecule has 8 nitrogen and oxygen atoms in total. The van der Waals surface area contributed by atoms with Gasteiger partial charge >= 0.3 is 12.4 Å². The van der Waals surface area contributed by atoms with Crippen LogP contribution in [0.25, 0.3) is 0 Å². The zero-order valence-electron chi connectivity index (χ0n) is 22.6. The second-order valence-electron chi connectivity index (χ2n) is 10.2. The van der Waals surface area contributed by atoms with E-state index in [1.54, 1.807) is 9.80 Å². The molecule has 0 N–H and O–H groups in total. The third-order valence-corrected chi connectivity index (χ3v) is 7.36. The maximum absolute atomic E-state index is 12.7. The highest BCUT2D eigenvalue weighted by atomic mass is 19.4. The van der Waals surface area contributed by atoms with Gasteiger partial charge in [-0.2, -0.15) is 26.3 Å². The van der Waals surface area contributed by atoms with Crippen molar-refractivity contribution in [3.63, 3.8) is 0 Å². The number of rotatable bonds is 4. The summed E-state index contributed by atoms with van der Waals surface area (Å²) in [7, 11) is 0. The van der Waals surface area contributed by atoms with Crippen molar-refractivity contribution < 1.29 is 36.2 Å². The topological polar surface area (TPSA) is 92.8 Å². The molecule has 2 aliphatic heterocycles. The Kier molecular flexibility index (Phi) is 7.93. The minimum absolute atomic E-state index is 0.203. The molecular weight excluding hydrogens is 594 g/mol. The van der Waals surface area contributed by atoms with E-state index in [9.17, 15) is 46.6 Å². The van der Waals surface area contributed by atoms with Crippen molar-refractivity contribution in [3.05, 3.63) is 139 Å². The van der Waals surface area contributed by atoms with E-state index in [1.807, 2.05) is 48.5 Å². The molecule has 6 rings (SSSR count). The zero-order chi connectivity index (χ0) is 31.8. The van der Waals surface area contributed by atoms with Crippen LogP contribution in [0, 0.1) is 20.2 Å². The van der Waals surface area contributed by atoms with Crippen molar-refractivity contribution in [2.24, 2.45) is 0 Å². The summed E-state index contributed by atoms with van der Waals surface area (Å²) in [5.74, 6) is 0. The Labute approximate surface area is 246 Å². The normalized spacial score (nSPS) is 14.0. The molecular formula is C30H22F6N4O4. The molecule has 0 amide bonds. The van der Waals surface area contributed by atoms with Crippen LogP contribution in [-0.2, 0) is 38.5 Å². The number of nitrogens with zero attached hydrogens (tertiary/aromatic N) is 4. The second-order valence-corrected chi connectivity index (χ2v) is 10.2. The third-order valence-electron chi connectivity index (χ3n) is 7.36. The van der Waals surface area contributed by atoms with Crippen LogP contribution >= 0.6 is 0 Å². The highest BCUT2D eigenvalue weighted by Crippen LogP contribution is 2.40. The van der Waals surface area contributed by atoms with Gasteiger partial charge in [0, 0.05) is 38.3 Å². The number of halogens is 6. The van der Waals surface area contributed by atoms with Gasteiger partial charge in [-0.15, -0.1) is 0 Å². The van der Waals surface area contributed by atoms with E-state index >= 15 is 0 Å². The van der Waals surface area contributed by atoms with Gasteiger partial charge in [0.15, 0.2) is 0 Å². The first-order valence-corrected chi connectivity index (χ1v) is 13.1. The van der Waals surface area contributed by atoms with Crippen LogP contribution in [0.1, 0.15) is 33.4 Å². The molecule has 228 valence electrons. The molecule has 0 bridgehead atoms. The zero-order valence-corrected chi connectivity index (χ0v) is 22.6. The SMILES string of the molecule is O=[N+]([O-])c1cc(C(F)(F)F)ccc1N1Cc2ccccc2C1.O=[N+]([O-])c1cc(C(F)(F)F)ccc1N1Cc2ccccc2C1. The van der Waals surface area contributed by atoms with Gasteiger partial charge in [0.1, 0.15) is 11.4 Å². The van der Waals surface area contributed by atoms with Gasteiger partial charge in [-0.3, -0.25) is 20.2 Å². The molecule has 4 aromatic carbocycles. The van der Waals surface area contributed by atoms with Crippen molar-refractivity contribution in [3.8, 4) is 0 Å². The van der Waals surface area contributed by atoms with E-state index in [0.717, 1.165) is 34.4 Å². The summed E-state index contributed by atoms with van der Waals surface area (Å²) < 4.78 is 76.3. The quantitative estimate of drug-likeness (QED) is 0.130. The minimum Gasteiger partial charge on any atom is -0.357 e. The Morgan fingerprint density at radius 2 is 0.818 bits per heavy atom. The van der Waals surface area contributed by atoms with Crippen LogP contribution in [0.3, 0.4) is 0 Å². The predicted molar refractivity (Wildman–Crippen MR) is 149 cm³/mol. The van der Waals surface area contributed by atoms with Gasteiger partial charge in [0.2, 0.25) is 0 Å². The number of hydrogen-bond acceptors (Lipinski definition) is 6. The Morgan fingerprint density at radius 1 is 0.523 bits per heavy atom. The number of nitro groups is 2. The predicted octanol–water partition coefficient (Wildman–Crippen LogP) is 8.27. The first kappa shape index (κ1) is 30.3. The molecule has 0 spiro atoms. The van der Waals surface area contributed by atoms with Gasteiger partial charge < -0.3 is 9.80 Å². The monoisotopic (exact) mass is 616 g/mol. The van der Waals surface area contributed by atoms with E-state index in [4.69, 9.17) is 0 Å². The van der Waals surface area contributed by atoms with Crippen molar-refractivity contribution in [2.75, 3.05) is 9.80 Å². The molecule has 0 aliphatic carbocycles. The summed E-state index contributed by atoms with van der Waals surface area (Å²) in [5, 5.41) is 22.3. The average molecular weight is 617 g/mol. The van der Waals surface area contributed by atoms with Crippen LogP contribution in [0.2, 0.25) is 0 Å². The van der Waals surface area contributed by atoms with E-state index in [0.29, 0.717) is 38.3 Å². The number of benzene rings is 4. The van der Waals surface area contributed by atoms with E-state index in [1.165, 1.54) is 12.1 Å². The van der Waals surface area contributed by atoms with Crippen molar-refractivity contribution in [2.45, 2.75) is 38.5 Å². The second kappa shape index (κ2) is 11.5. The van der Waals surface area contributed by atoms with Crippen molar-refractivity contribution >= 4 is 22.7 Å². The first-order valence-electron chi connectivity index (χ1n) is 13.1. The Morgan fingerprint density at radius 3 is 1.07 bits per heavy atom. The van der Waals surface area contributed by atoms with Crippen LogP contribution in [-0.4, -0.2) is 9.85 Å². The van der Waals surface area contributed by atoms with E-state index in [-0.39, 0.29) is 11.4 Å². The maximum Gasteiger partial charge on any atom is 0.416 e. The lowest BCUT2D eigenvalue weighted by Crippen LogP contribution is -2.17. The number of alkyl halides is 6. The first-order chi connectivity index (χ1) is 20.7. The molecule has 0 fully saturated rings. The third kappa shape index (κ3) is 6.28. The molecule has 0 aromatic heterocycles. The maximum atomic E-state index is 12.7. The van der Waals surface area contributed by atoms with Crippen LogP contribution < -0.4 is 9.80 Å². The summed E-state index contributed by atoms with van der Waals surface area (Å²) in [4.78, 5) is 24.2. The van der Waals surface area contributed by atoms with E-state index < -0.39 is 44.7 Å². The minimum atomic E-state index is -4.60. The Bertz CT molecular complexity index is 1560. The van der Waals surface area contributed by atoms with Crippen LogP contribution in [0.15, 0.2) is 84.9 Å². The number of fused-ring (bicyclic) bond motifs is 2. The lowest BCUT2D eigenvalue weighted by Gasteiger charge is -2.18. The number of hydrogen-bond donors (Lipinski definition) is 0. The molecule has 14 heteroatoms. The lowest BCUT2D eigenvalue weighted by molar-refractivity contribution is -0.384. The summed E-state index contributed by atoms with van der Waals surface area (Å²) >= 11 is 0. The van der Waals surface area contributed by atoms with Gasteiger partial charge in [-0.05, 0) is 46.5 Å². The molecule has 0 saturated heterocycles. The summed E-state index contributed by atoms with van der Waals surface area (Å²) in [6, 6.07) is 20.4. The standard InChI is InChI=1S/2C15H11F3N2O2/c2*16-15(17,18)12-5-6-13(14(7-12)20(21)22)19-8-10-3-1-2-4-11(10)9-19/h2*1-7H,8-9H2. The Hall–Kier alpha value is -5.14. The molecule has 0 atom stereocenters. The summed E-state index contributed by atoms with van der Waals surface area (Å²) in [6.07, 6.45) is -9.20. The number of nitro benzene ring substituents is 2.